The molecule has 26 heavy (non-hydrogen) atoms. The topological polar surface area (TPSA) is 52.0 Å². The summed E-state index contributed by atoms with van der Waals surface area (Å²) in [5, 5.41) is 3.42. The number of hydrogen-bond acceptors (Lipinski definition) is 5. The van der Waals surface area contributed by atoms with E-state index < -0.39 is 0 Å². The van der Waals surface area contributed by atoms with Gasteiger partial charge in [0.1, 0.15) is 10.6 Å². The number of thiophene rings is 1. The molecule has 2 heterocycles. The first-order valence-corrected chi connectivity index (χ1v) is 10.4. The van der Waals surface area contributed by atoms with Crippen LogP contribution in [0.5, 0.6) is 0 Å². The number of thioether (sulfide) groups is 1. The Morgan fingerprint density at radius 3 is 2.73 bits per heavy atom. The summed E-state index contributed by atoms with van der Waals surface area (Å²) >= 11 is 3.04. The van der Waals surface area contributed by atoms with E-state index in [9.17, 15) is 9.59 Å². The quantitative estimate of drug-likeness (QED) is 0.349. The molecule has 1 aromatic carbocycles. The minimum atomic E-state index is -0.0152. The van der Waals surface area contributed by atoms with Crippen molar-refractivity contribution in [3.8, 4) is 11.1 Å². The summed E-state index contributed by atoms with van der Waals surface area (Å²) in [4.78, 5) is 29.5. The average Bonchev–Trinajstić information content (AvgIpc) is 3.02. The lowest BCUT2D eigenvalue weighted by Gasteiger charge is -2.08. The summed E-state index contributed by atoms with van der Waals surface area (Å²) in [6.07, 6.45) is 1.37. The summed E-state index contributed by atoms with van der Waals surface area (Å²) in [6, 6.07) is 6.28. The van der Waals surface area contributed by atoms with Gasteiger partial charge in [0.05, 0.1) is 5.39 Å². The Kier molecular flexibility index (Phi) is 5.63. The average molecular weight is 387 g/mol. The van der Waals surface area contributed by atoms with Crippen molar-refractivity contribution in [1.29, 1.82) is 0 Å². The van der Waals surface area contributed by atoms with Crippen LogP contribution in [0.15, 0.2) is 33.5 Å². The van der Waals surface area contributed by atoms with Crippen LogP contribution < -0.4 is 5.56 Å². The number of ketones is 1. The molecule has 0 atom stereocenters. The van der Waals surface area contributed by atoms with Gasteiger partial charge in [-0.3, -0.25) is 9.36 Å². The van der Waals surface area contributed by atoms with Crippen LogP contribution in [0.2, 0.25) is 0 Å². The second kappa shape index (κ2) is 7.76. The number of hydrogen-bond donors (Lipinski definition) is 0. The van der Waals surface area contributed by atoms with Crippen molar-refractivity contribution in [2.75, 3.05) is 5.75 Å². The van der Waals surface area contributed by atoms with Gasteiger partial charge in [0.2, 0.25) is 0 Å². The summed E-state index contributed by atoms with van der Waals surface area (Å²) in [5.41, 5.74) is 4.45. The molecular formula is C20H22N2O2S2. The highest BCUT2D eigenvalue weighted by atomic mass is 32.2. The van der Waals surface area contributed by atoms with Crippen LogP contribution in [0.25, 0.3) is 21.3 Å². The van der Waals surface area contributed by atoms with Crippen molar-refractivity contribution in [2.24, 2.45) is 7.05 Å². The monoisotopic (exact) mass is 386 g/mol. The Labute approximate surface area is 161 Å². The molecule has 0 saturated carbocycles. The number of fused-ring (bicyclic) bond motifs is 1. The molecule has 4 nitrogen and oxygen atoms in total. The molecule has 0 unspecified atom stereocenters. The molecular weight excluding hydrogens is 364 g/mol. The number of nitrogens with zero attached hydrogens (tertiary/aromatic N) is 2. The van der Waals surface area contributed by atoms with E-state index in [-0.39, 0.29) is 11.3 Å². The van der Waals surface area contributed by atoms with E-state index in [4.69, 9.17) is 4.98 Å². The largest absolute Gasteiger partial charge is 0.300 e. The summed E-state index contributed by atoms with van der Waals surface area (Å²) < 4.78 is 1.62. The van der Waals surface area contributed by atoms with Gasteiger partial charge in [-0.05, 0) is 43.9 Å². The van der Waals surface area contributed by atoms with Crippen molar-refractivity contribution in [3.63, 3.8) is 0 Å². The lowest BCUT2D eigenvalue weighted by molar-refractivity contribution is -0.117. The SMILES string of the molecule is CC(=O)CCCSc1nc2scc(-c3ccc(C)c(C)c3)c2c(=O)n1C. The van der Waals surface area contributed by atoms with Crippen LogP contribution in [0.1, 0.15) is 30.9 Å². The van der Waals surface area contributed by atoms with Gasteiger partial charge in [-0.25, -0.2) is 4.98 Å². The zero-order valence-electron chi connectivity index (χ0n) is 15.5. The molecule has 6 heteroatoms. The first-order valence-electron chi connectivity index (χ1n) is 8.56. The minimum absolute atomic E-state index is 0.0152. The summed E-state index contributed by atoms with van der Waals surface area (Å²) in [7, 11) is 1.77. The van der Waals surface area contributed by atoms with E-state index in [0.29, 0.717) is 17.0 Å². The van der Waals surface area contributed by atoms with Gasteiger partial charge in [0.15, 0.2) is 5.16 Å². The van der Waals surface area contributed by atoms with E-state index in [0.717, 1.165) is 28.1 Å². The first-order chi connectivity index (χ1) is 12.4. The highest BCUT2D eigenvalue weighted by Gasteiger charge is 2.16. The molecule has 3 rings (SSSR count). The highest BCUT2D eigenvalue weighted by Crippen LogP contribution is 2.33. The third-order valence-electron chi connectivity index (χ3n) is 4.50. The summed E-state index contributed by atoms with van der Waals surface area (Å²) in [6.45, 7) is 5.77. The normalized spacial score (nSPS) is 11.2. The molecule has 0 radical (unpaired) electrons. The standard InChI is InChI=1S/C20H22N2O2S2/c1-12-7-8-15(10-13(12)2)16-11-26-18-17(16)19(24)22(4)20(21-18)25-9-5-6-14(3)23/h7-8,10-11H,5-6,9H2,1-4H3. The Balaban J connectivity index is 1.97. The van der Waals surface area contributed by atoms with E-state index in [1.54, 1.807) is 18.5 Å². The van der Waals surface area contributed by atoms with Crippen molar-refractivity contribution < 1.29 is 4.79 Å². The molecule has 2 aromatic heterocycles. The Morgan fingerprint density at radius 1 is 1.27 bits per heavy atom. The van der Waals surface area contributed by atoms with Crippen molar-refractivity contribution >= 4 is 39.1 Å². The first kappa shape index (κ1) is 18.9. The van der Waals surface area contributed by atoms with Crippen LogP contribution in [-0.2, 0) is 11.8 Å². The minimum Gasteiger partial charge on any atom is -0.300 e. The number of aromatic nitrogens is 2. The number of Topliss-reactive ketones (excluding diaryl/α,β-unsaturated/α-hetero) is 1. The molecule has 0 fully saturated rings. The number of benzene rings is 1. The fourth-order valence-corrected chi connectivity index (χ4v) is 4.69. The maximum atomic E-state index is 13.0. The Morgan fingerprint density at radius 2 is 2.04 bits per heavy atom. The second-order valence-electron chi connectivity index (χ2n) is 6.54. The van der Waals surface area contributed by atoms with Gasteiger partial charge in [0.25, 0.3) is 5.56 Å². The third-order valence-corrected chi connectivity index (χ3v) is 6.48. The molecule has 0 amide bonds. The van der Waals surface area contributed by atoms with Crippen molar-refractivity contribution in [3.05, 3.63) is 45.1 Å². The van der Waals surface area contributed by atoms with Gasteiger partial charge in [-0.1, -0.05) is 30.0 Å². The second-order valence-corrected chi connectivity index (χ2v) is 8.46. The molecule has 3 aromatic rings. The predicted octanol–water partition coefficient (Wildman–Crippen LogP) is 4.74. The summed E-state index contributed by atoms with van der Waals surface area (Å²) in [5.74, 6) is 0.972. The molecule has 0 aliphatic heterocycles. The van der Waals surface area contributed by atoms with E-state index in [1.165, 1.54) is 34.2 Å². The highest BCUT2D eigenvalue weighted by molar-refractivity contribution is 7.99. The van der Waals surface area contributed by atoms with Gasteiger partial charge >= 0.3 is 0 Å². The zero-order valence-corrected chi connectivity index (χ0v) is 17.1. The number of rotatable bonds is 6. The van der Waals surface area contributed by atoms with Crippen LogP contribution in [0.4, 0.5) is 0 Å². The lowest BCUT2D eigenvalue weighted by atomic mass is 10.0. The lowest BCUT2D eigenvalue weighted by Crippen LogP contribution is -2.19. The van der Waals surface area contributed by atoms with Gasteiger partial charge in [-0.15, -0.1) is 11.3 Å². The smallest absolute Gasteiger partial charge is 0.263 e. The zero-order chi connectivity index (χ0) is 18.8. The number of carbonyl (C=O) groups is 1. The molecule has 0 saturated heterocycles. The van der Waals surface area contributed by atoms with Gasteiger partial charge < -0.3 is 4.79 Å². The van der Waals surface area contributed by atoms with E-state index >= 15 is 0 Å². The maximum absolute atomic E-state index is 13.0. The number of aryl methyl sites for hydroxylation is 2. The molecule has 0 aliphatic carbocycles. The van der Waals surface area contributed by atoms with Gasteiger partial charge in [-0.2, -0.15) is 0 Å². The maximum Gasteiger partial charge on any atom is 0.263 e. The van der Waals surface area contributed by atoms with Crippen LogP contribution in [0.3, 0.4) is 0 Å². The fourth-order valence-electron chi connectivity index (χ4n) is 2.79. The fraction of sp³-hybridized carbons (Fsp3) is 0.350. The van der Waals surface area contributed by atoms with Gasteiger partial charge in [0, 0.05) is 30.2 Å². The van der Waals surface area contributed by atoms with E-state index in [2.05, 4.69) is 32.0 Å². The molecule has 0 bridgehead atoms. The van der Waals surface area contributed by atoms with Crippen LogP contribution >= 0.6 is 23.1 Å². The predicted molar refractivity (Wildman–Crippen MR) is 110 cm³/mol. The molecule has 0 N–H and O–H groups in total. The van der Waals surface area contributed by atoms with Crippen molar-refractivity contribution in [1.82, 2.24) is 9.55 Å². The van der Waals surface area contributed by atoms with Crippen LogP contribution in [-0.4, -0.2) is 21.1 Å². The van der Waals surface area contributed by atoms with Crippen LogP contribution in [0, 0.1) is 13.8 Å². The third kappa shape index (κ3) is 3.76. The van der Waals surface area contributed by atoms with E-state index in [1.807, 2.05) is 5.38 Å². The Hall–Kier alpha value is -1.92. The van der Waals surface area contributed by atoms with Crippen molar-refractivity contribution in [2.45, 2.75) is 38.8 Å². The molecule has 0 spiro atoms. The number of carbonyl (C=O) groups excluding carboxylic acids is 1. The molecule has 0 aliphatic rings. The Bertz CT molecular complexity index is 1030. The molecule has 136 valence electrons.